The summed E-state index contributed by atoms with van der Waals surface area (Å²) in [6, 6.07) is 8.07. The average molecular weight is 387 g/mol. The molecule has 0 bridgehead atoms. The van der Waals surface area contributed by atoms with Crippen molar-refractivity contribution >= 4 is 23.2 Å². The molecule has 1 saturated heterocycles. The van der Waals surface area contributed by atoms with Gasteiger partial charge in [-0.1, -0.05) is 0 Å². The second-order valence-electron chi connectivity index (χ2n) is 7.10. The van der Waals surface area contributed by atoms with Crippen LogP contribution in [0.1, 0.15) is 28.2 Å². The van der Waals surface area contributed by atoms with Gasteiger partial charge in [-0.05, 0) is 56.1 Å². The molecule has 2 aromatic rings. The van der Waals surface area contributed by atoms with Crippen LogP contribution in [-0.2, 0) is 22.7 Å². The minimum absolute atomic E-state index is 0.0963. The Hall–Kier alpha value is -2.25. The molecule has 2 aromatic heterocycles. The highest BCUT2D eigenvalue weighted by Crippen LogP contribution is 2.23. The highest BCUT2D eigenvalue weighted by molar-refractivity contribution is 7.11. The summed E-state index contributed by atoms with van der Waals surface area (Å²) in [5, 5.41) is 0. The molecule has 7 heteroatoms. The van der Waals surface area contributed by atoms with Gasteiger partial charge in [0, 0.05) is 35.2 Å². The van der Waals surface area contributed by atoms with Crippen LogP contribution in [0, 0.1) is 12.8 Å². The molecule has 1 aliphatic rings. The number of carbonyl (C=O) groups is 2. The fourth-order valence-corrected chi connectivity index (χ4v) is 4.46. The Morgan fingerprint density at radius 1 is 1.26 bits per heavy atom. The van der Waals surface area contributed by atoms with Gasteiger partial charge in [0.1, 0.15) is 0 Å². The van der Waals surface area contributed by atoms with Crippen LogP contribution in [-0.4, -0.2) is 46.2 Å². The normalized spacial score (nSPS) is 17.6. The maximum atomic E-state index is 13.3. The number of aryl methyl sites for hydroxylation is 1. The molecule has 1 fully saturated rings. The van der Waals surface area contributed by atoms with E-state index in [-0.39, 0.29) is 24.3 Å². The molecular weight excluding hydrogens is 360 g/mol. The summed E-state index contributed by atoms with van der Waals surface area (Å²) in [5.74, 6) is -0.293. The van der Waals surface area contributed by atoms with E-state index in [0.717, 1.165) is 24.9 Å². The first-order valence-electron chi connectivity index (χ1n) is 9.25. The Kier molecular flexibility index (Phi) is 6.58. The summed E-state index contributed by atoms with van der Waals surface area (Å²) in [6.07, 6.45) is 5.26. The van der Waals surface area contributed by atoms with Gasteiger partial charge in [-0.15, -0.1) is 11.3 Å². The molecule has 1 unspecified atom stereocenters. The van der Waals surface area contributed by atoms with Crippen LogP contribution < -0.4 is 5.73 Å². The van der Waals surface area contributed by atoms with Crippen molar-refractivity contribution < 1.29 is 9.59 Å². The number of amides is 2. The Balaban J connectivity index is 1.74. The third kappa shape index (κ3) is 5.61. The van der Waals surface area contributed by atoms with Gasteiger partial charge in [-0.25, -0.2) is 0 Å². The Labute approximate surface area is 164 Å². The van der Waals surface area contributed by atoms with Crippen LogP contribution in [0.25, 0.3) is 0 Å². The summed E-state index contributed by atoms with van der Waals surface area (Å²) in [7, 11) is 0. The minimum Gasteiger partial charge on any atom is -0.369 e. The van der Waals surface area contributed by atoms with E-state index >= 15 is 0 Å². The van der Waals surface area contributed by atoms with Crippen molar-refractivity contribution in [2.24, 2.45) is 11.7 Å². The number of pyridine rings is 1. The van der Waals surface area contributed by atoms with Crippen LogP contribution in [0.2, 0.25) is 0 Å². The SMILES string of the molecule is Cc1ccc(CN(Cc2ccncc2)C(=O)C2CCCN(CC(N)=O)C2)s1. The second kappa shape index (κ2) is 9.10. The summed E-state index contributed by atoms with van der Waals surface area (Å²) < 4.78 is 0. The molecule has 27 heavy (non-hydrogen) atoms. The van der Waals surface area contributed by atoms with Gasteiger partial charge >= 0.3 is 0 Å². The Morgan fingerprint density at radius 2 is 2.04 bits per heavy atom. The number of thiophene rings is 1. The predicted octanol–water partition coefficient (Wildman–Crippen LogP) is 2.18. The molecular formula is C20H26N4O2S. The zero-order valence-electron chi connectivity index (χ0n) is 15.6. The smallest absolute Gasteiger partial charge is 0.231 e. The van der Waals surface area contributed by atoms with E-state index < -0.39 is 0 Å². The maximum absolute atomic E-state index is 13.3. The number of hydrogen-bond acceptors (Lipinski definition) is 5. The van der Waals surface area contributed by atoms with Gasteiger partial charge in [0.2, 0.25) is 11.8 Å². The number of rotatable bonds is 7. The molecule has 0 radical (unpaired) electrons. The quantitative estimate of drug-likeness (QED) is 0.791. The van der Waals surface area contributed by atoms with Gasteiger partial charge in [0.25, 0.3) is 0 Å². The van der Waals surface area contributed by atoms with Crippen LogP contribution >= 0.6 is 11.3 Å². The lowest BCUT2D eigenvalue weighted by Crippen LogP contribution is -2.46. The average Bonchev–Trinajstić information content (AvgIpc) is 3.06. The van der Waals surface area contributed by atoms with E-state index in [1.54, 1.807) is 23.7 Å². The first-order valence-corrected chi connectivity index (χ1v) is 10.1. The van der Waals surface area contributed by atoms with E-state index in [9.17, 15) is 9.59 Å². The standard InChI is InChI=1S/C20H26N4O2S/c1-15-4-5-18(27-15)13-24(11-16-6-8-22-9-7-16)20(26)17-3-2-10-23(12-17)14-19(21)25/h4-9,17H,2-3,10-14H2,1H3,(H2,21,25). The van der Waals surface area contributed by atoms with Crippen molar-refractivity contribution in [3.63, 3.8) is 0 Å². The molecule has 3 heterocycles. The van der Waals surface area contributed by atoms with Gasteiger partial charge in [0.05, 0.1) is 19.0 Å². The zero-order valence-corrected chi connectivity index (χ0v) is 16.5. The number of carbonyl (C=O) groups excluding carboxylic acids is 2. The third-order valence-corrected chi connectivity index (χ3v) is 5.80. The van der Waals surface area contributed by atoms with E-state index in [1.807, 2.05) is 21.9 Å². The number of nitrogens with zero attached hydrogens (tertiary/aromatic N) is 3. The summed E-state index contributed by atoms with van der Waals surface area (Å²) in [5.41, 5.74) is 6.40. The van der Waals surface area contributed by atoms with Crippen molar-refractivity contribution in [3.05, 3.63) is 52.0 Å². The Bertz CT molecular complexity index is 777. The van der Waals surface area contributed by atoms with Crippen molar-refractivity contribution in [2.45, 2.75) is 32.9 Å². The zero-order chi connectivity index (χ0) is 19.2. The van der Waals surface area contributed by atoms with E-state index in [2.05, 4.69) is 24.0 Å². The second-order valence-corrected chi connectivity index (χ2v) is 8.48. The number of likely N-dealkylation sites (tertiary alicyclic amines) is 1. The fraction of sp³-hybridized carbons (Fsp3) is 0.450. The molecule has 1 atom stereocenters. The van der Waals surface area contributed by atoms with Crippen molar-refractivity contribution in [2.75, 3.05) is 19.6 Å². The molecule has 6 nitrogen and oxygen atoms in total. The van der Waals surface area contributed by atoms with Gasteiger partial charge < -0.3 is 10.6 Å². The lowest BCUT2D eigenvalue weighted by atomic mass is 9.96. The highest BCUT2D eigenvalue weighted by atomic mass is 32.1. The van der Waals surface area contributed by atoms with Crippen LogP contribution in [0.15, 0.2) is 36.7 Å². The lowest BCUT2D eigenvalue weighted by Gasteiger charge is -2.34. The van der Waals surface area contributed by atoms with Crippen LogP contribution in [0.5, 0.6) is 0 Å². The molecule has 144 valence electrons. The number of nitrogens with two attached hydrogens (primary N) is 1. The molecule has 1 aliphatic heterocycles. The van der Waals surface area contributed by atoms with Crippen molar-refractivity contribution in [3.8, 4) is 0 Å². The van der Waals surface area contributed by atoms with Crippen LogP contribution in [0.3, 0.4) is 0 Å². The summed E-state index contributed by atoms with van der Waals surface area (Å²) in [6.45, 7) is 4.88. The maximum Gasteiger partial charge on any atom is 0.231 e. The molecule has 0 saturated carbocycles. The lowest BCUT2D eigenvalue weighted by molar-refractivity contribution is -0.139. The monoisotopic (exact) mass is 386 g/mol. The number of hydrogen-bond donors (Lipinski definition) is 1. The van der Waals surface area contributed by atoms with Gasteiger partial charge in [0.15, 0.2) is 0 Å². The molecule has 2 amide bonds. The van der Waals surface area contributed by atoms with E-state index in [4.69, 9.17) is 5.73 Å². The first-order chi connectivity index (χ1) is 13.0. The van der Waals surface area contributed by atoms with Crippen LogP contribution in [0.4, 0.5) is 0 Å². The summed E-state index contributed by atoms with van der Waals surface area (Å²) in [4.78, 5) is 35.0. The van der Waals surface area contributed by atoms with E-state index in [0.29, 0.717) is 19.6 Å². The number of primary amides is 1. The summed E-state index contributed by atoms with van der Waals surface area (Å²) >= 11 is 1.72. The Morgan fingerprint density at radius 3 is 2.70 bits per heavy atom. The topological polar surface area (TPSA) is 79.5 Å². The minimum atomic E-state index is -0.342. The van der Waals surface area contributed by atoms with Gasteiger partial charge in [-0.3, -0.25) is 19.5 Å². The van der Waals surface area contributed by atoms with Crippen molar-refractivity contribution in [1.29, 1.82) is 0 Å². The fourth-order valence-electron chi connectivity index (χ4n) is 3.56. The number of piperidine rings is 1. The largest absolute Gasteiger partial charge is 0.369 e. The number of aromatic nitrogens is 1. The first kappa shape index (κ1) is 19.5. The van der Waals surface area contributed by atoms with Crippen molar-refractivity contribution in [1.82, 2.24) is 14.8 Å². The third-order valence-electron chi connectivity index (χ3n) is 4.81. The molecule has 2 N–H and O–H groups in total. The molecule has 3 rings (SSSR count). The molecule has 0 spiro atoms. The predicted molar refractivity (Wildman–Crippen MR) is 106 cm³/mol. The highest BCUT2D eigenvalue weighted by Gasteiger charge is 2.30. The van der Waals surface area contributed by atoms with Gasteiger partial charge in [-0.2, -0.15) is 0 Å². The molecule has 0 aliphatic carbocycles. The molecule has 0 aromatic carbocycles. The van der Waals surface area contributed by atoms with E-state index in [1.165, 1.54) is 9.75 Å².